The maximum atomic E-state index is 14.8. The maximum absolute atomic E-state index is 14.8. The zero-order valence-corrected chi connectivity index (χ0v) is 18.3. The number of carbonyl (C=O) groups is 1. The van der Waals surface area contributed by atoms with E-state index < -0.39 is 11.7 Å². The third kappa shape index (κ3) is 4.35. The smallest absolute Gasteiger partial charge is 0.260 e. The highest BCUT2D eigenvalue weighted by Crippen LogP contribution is 2.28. The van der Waals surface area contributed by atoms with E-state index in [1.807, 2.05) is 19.9 Å². The lowest BCUT2D eigenvalue weighted by atomic mass is 10.1. The Labute approximate surface area is 181 Å². The van der Waals surface area contributed by atoms with Crippen LogP contribution in [0.4, 0.5) is 15.9 Å². The van der Waals surface area contributed by atoms with Crippen molar-refractivity contribution in [2.24, 2.45) is 0 Å². The van der Waals surface area contributed by atoms with Crippen LogP contribution < -0.4 is 10.6 Å². The van der Waals surface area contributed by atoms with Gasteiger partial charge in [0.2, 0.25) is 0 Å². The molecule has 0 aliphatic carbocycles. The van der Waals surface area contributed by atoms with Crippen molar-refractivity contribution in [2.45, 2.75) is 26.3 Å². The van der Waals surface area contributed by atoms with E-state index in [0.717, 1.165) is 9.81 Å². The van der Waals surface area contributed by atoms with Crippen LogP contribution in [0.25, 0.3) is 10.9 Å². The zero-order chi connectivity index (χ0) is 20.3. The number of carbonyl (C=O) groups excluding carboxylic acids is 1. The maximum Gasteiger partial charge on any atom is 0.260 e. The van der Waals surface area contributed by atoms with Gasteiger partial charge in [0.25, 0.3) is 5.91 Å². The number of hydrogen-bond acceptors (Lipinski definition) is 4. The number of hydrogen-bond donors (Lipinski definition) is 2. The first-order chi connectivity index (χ1) is 13.4. The van der Waals surface area contributed by atoms with Crippen molar-refractivity contribution in [2.75, 3.05) is 15.1 Å². The predicted molar refractivity (Wildman–Crippen MR) is 120 cm³/mol. The third-order valence-corrected chi connectivity index (χ3v) is 4.95. The number of aryl methyl sites for hydroxylation is 1. The Morgan fingerprint density at radius 2 is 2.04 bits per heavy atom. The van der Waals surface area contributed by atoms with Crippen molar-refractivity contribution in [3.8, 4) is 0 Å². The molecule has 0 radical (unpaired) electrons. The minimum absolute atomic E-state index is 0.0734. The summed E-state index contributed by atoms with van der Waals surface area (Å²) in [6.45, 7) is 4.01. The fourth-order valence-electron chi connectivity index (χ4n) is 2.86. The van der Waals surface area contributed by atoms with E-state index >= 15 is 0 Å². The molecule has 2 N–H and O–H groups in total. The first-order valence-electron chi connectivity index (χ1n) is 8.76. The average Bonchev–Trinajstić information content (AvgIpc) is 2.64. The zero-order valence-electron chi connectivity index (χ0n) is 15.4. The summed E-state index contributed by atoms with van der Waals surface area (Å²) in [6.07, 6.45) is 1.95. The van der Waals surface area contributed by atoms with E-state index in [9.17, 15) is 9.18 Å². The summed E-state index contributed by atoms with van der Waals surface area (Å²) >= 11 is 8.29. The van der Waals surface area contributed by atoms with Crippen molar-refractivity contribution < 1.29 is 9.18 Å². The molecule has 0 atom stereocenters. The van der Waals surface area contributed by atoms with E-state index in [4.69, 9.17) is 11.6 Å². The highest BCUT2D eigenvalue weighted by molar-refractivity contribution is 14.1. The van der Waals surface area contributed by atoms with Gasteiger partial charge in [-0.05, 0) is 44.0 Å². The van der Waals surface area contributed by atoms with Gasteiger partial charge in [-0.25, -0.2) is 14.4 Å². The van der Waals surface area contributed by atoms with Gasteiger partial charge in [0.15, 0.2) is 0 Å². The Kier molecular flexibility index (Phi) is 6.66. The van der Waals surface area contributed by atoms with E-state index in [1.54, 1.807) is 24.3 Å². The van der Waals surface area contributed by atoms with Crippen molar-refractivity contribution in [1.29, 1.82) is 0 Å². The lowest BCUT2D eigenvalue weighted by Crippen LogP contribution is -2.16. The van der Waals surface area contributed by atoms with E-state index in [1.165, 1.54) is 6.33 Å². The molecule has 3 rings (SSSR count). The van der Waals surface area contributed by atoms with Crippen LogP contribution in [0.15, 0.2) is 36.7 Å². The average molecular weight is 513 g/mol. The number of nitrogens with one attached hydrogen (secondary N) is 2. The minimum Gasteiger partial charge on any atom is -0.367 e. The van der Waals surface area contributed by atoms with Gasteiger partial charge in [0.05, 0.1) is 21.8 Å². The van der Waals surface area contributed by atoms with E-state index in [0.29, 0.717) is 29.0 Å². The van der Waals surface area contributed by atoms with Gasteiger partial charge in [0, 0.05) is 15.9 Å². The summed E-state index contributed by atoms with van der Waals surface area (Å²) in [5.74, 6) is -0.523. The van der Waals surface area contributed by atoms with Crippen LogP contribution in [-0.2, 0) is 6.42 Å². The number of nitrogens with zero attached hydrogens (tertiary/aromatic N) is 2. The van der Waals surface area contributed by atoms with Crippen LogP contribution in [-0.4, -0.2) is 26.3 Å². The molecule has 0 saturated heterocycles. The molecule has 0 aliphatic heterocycles. The molecule has 28 heavy (non-hydrogen) atoms. The third-order valence-electron chi connectivity index (χ3n) is 4.10. The summed E-state index contributed by atoms with van der Waals surface area (Å²) in [5, 5.41) is 6.84. The van der Waals surface area contributed by atoms with Gasteiger partial charge < -0.3 is 10.6 Å². The molecule has 0 spiro atoms. The number of para-hydroxylation sites is 1. The summed E-state index contributed by atoms with van der Waals surface area (Å²) in [6, 6.07) is 8.72. The molecule has 0 bridgehead atoms. The molecule has 1 heterocycles. The Hall–Kier alpha value is -2.00. The molecule has 146 valence electrons. The SMILES string of the molecule is CC(C)Nc1ncnc2c(NC(=O)c3c(Cl)ccc(CCI)c3F)cccc12. The fraction of sp³-hybridized carbons (Fsp3) is 0.250. The van der Waals surface area contributed by atoms with Gasteiger partial charge in [0.1, 0.15) is 18.0 Å². The first kappa shape index (κ1) is 20.7. The number of amides is 1. The molecule has 5 nitrogen and oxygen atoms in total. The topological polar surface area (TPSA) is 66.9 Å². The van der Waals surface area contributed by atoms with Crippen molar-refractivity contribution in [3.63, 3.8) is 0 Å². The van der Waals surface area contributed by atoms with Crippen LogP contribution in [0.1, 0.15) is 29.8 Å². The van der Waals surface area contributed by atoms with E-state index in [2.05, 4.69) is 43.2 Å². The monoisotopic (exact) mass is 512 g/mol. The van der Waals surface area contributed by atoms with Crippen LogP contribution in [0.5, 0.6) is 0 Å². The largest absolute Gasteiger partial charge is 0.367 e. The van der Waals surface area contributed by atoms with Gasteiger partial charge >= 0.3 is 0 Å². The Balaban J connectivity index is 2.00. The standard InChI is InChI=1S/C20H19ClFIN4O/c1-11(2)26-19-13-4-3-5-15(18(13)24-10-25-19)27-20(28)16-14(21)7-6-12(8-9-23)17(16)22/h3-7,10-11H,8-9H2,1-2H3,(H,27,28)(H,24,25,26). The Morgan fingerprint density at radius 3 is 2.75 bits per heavy atom. The van der Waals surface area contributed by atoms with Gasteiger partial charge in [-0.1, -0.05) is 46.3 Å². The van der Waals surface area contributed by atoms with Crippen molar-refractivity contribution in [3.05, 3.63) is 58.6 Å². The molecule has 1 aromatic heterocycles. The number of halogens is 3. The molecular formula is C20H19ClFIN4O. The molecule has 0 saturated carbocycles. The number of alkyl halides is 1. The fourth-order valence-corrected chi connectivity index (χ4v) is 3.67. The molecular weight excluding hydrogens is 494 g/mol. The lowest BCUT2D eigenvalue weighted by molar-refractivity contribution is 0.102. The molecule has 0 fully saturated rings. The second-order valence-corrected chi connectivity index (χ2v) is 8.00. The molecule has 0 aliphatic rings. The number of aromatic nitrogens is 2. The Bertz CT molecular complexity index is 1030. The molecule has 0 unspecified atom stereocenters. The highest BCUT2D eigenvalue weighted by atomic mass is 127. The van der Waals surface area contributed by atoms with Gasteiger partial charge in [-0.3, -0.25) is 4.79 Å². The first-order valence-corrected chi connectivity index (χ1v) is 10.7. The quantitative estimate of drug-likeness (QED) is 0.339. The van der Waals surface area contributed by atoms with Crippen LogP contribution in [0.3, 0.4) is 0 Å². The number of rotatable bonds is 6. The van der Waals surface area contributed by atoms with E-state index in [-0.39, 0.29) is 16.6 Å². The summed E-state index contributed by atoms with van der Waals surface area (Å²) < 4.78 is 15.6. The second-order valence-electron chi connectivity index (χ2n) is 6.51. The Morgan fingerprint density at radius 1 is 1.25 bits per heavy atom. The number of anilines is 2. The van der Waals surface area contributed by atoms with Crippen molar-refractivity contribution in [1.82, 2.24) is 9.97 Å². The van der Waals surface area contributed by atoms with Gasteiger partial charge in [-0.2, -0.15) is 0 Å². The molecule has 3 aromatic rings. The van der Waals surface area contributed by atoms with Crippen LogP contribution in [0.2, 0.25) is 5.02 Å². The summed E-state index contributed by atoms with van der Waals surface area (Å²) in [5.41, 5.74) is 1.34. The molecule has 1 amide bonds. The molecule has 2 aromatic carbocycles. The van der Waals surface area contributed by atoms with Crippen LogP contribution >= 0.6 is 34.2 Å². The number of benzene rings is 2. The normalized spacial score (nSPS) is 11.1. The van der Waals surface area contributed by atoms with Gasteiger partial charge in [-0.15, -0.1) is 0 Å². The highest BCUT2D eigenvalue weighted by Gasteiger charge is 2.20. The minimum atomic E-state index is -0.609. The summed E-state index contributed by atoms with van der Waals surface area (Å²) in [4.78, 5) is 21.4. The summed E-state index contributed by atoms with van der Waals surface area (Å²) in [7, 11) is 0. The lowest BCUT2D eigenvalue weighted by Gasteiger charge is -2.14. The molecule has 8 heteroatoms. The van der Waals surface area contributed by atoms with Crippen molar-refractivity contribution >= 4 is 62.5 Å². The van der Waals surface area contributed by atoms with Crippen LogP contribution in [0, 0.1) is 5.82 Å². The second kappa shape index (κ2) is 9.00. The predicted octanol–water partition coefficient (Wildman–Crippen LogP) is 5.47. The number of fused-ring (bicyclic) bond motifs is 1.